The van der Waals surface area contributed by atoms with Gasteiger partial charge in [-0.1, -0.05) is 0 Å². The van der Waals surface area contributed by atoms with Crippen LogP contribution in [0.25, 0.3) is 11.0 Å². The van der Waals surface area contributed by atoms with Crippen LogP contribution in [-0.4, -0.2) is 56.9 Å². The van der Waals surface area contributed by atoms with Crippen molar-refractivity contribution in [2.75, 3.05) is 19.6 Å². The van der Waals surface area contributed by atoms with E-state index in [9.17, 15) is 9.59 Å². The molecule has 1 N–H and O–H groups in total. The molecule has 3 rings (SSSR count). The number of nitrogens with zero attached hydrogens (tertiary/aromatic N) is 4. The zero-order valence-electron chi connectivity index (χ0n) is 18.9. The summed E-state index contributed by atoms with van der Waals surface area (Å²) in [5, 5.41) is 8.26. The summed E-state index contributed by atoms with van der Waals surface area (Å²) in [4.78, 5) is 31.6. The van der Waals surface area contributed by atoms with Crippen molar-refractivity contribution < 1.29 is 14.3 Å². The standard InChI is InChI=1S/C22H33N5O3/c1-7-27(21(29)30-22(3,4)5)12-8-11-23-20(28)16-13-17(15-9-10-15)24-19-18(16)14(2)25-26(19)6/h13,15H,7-12H2,1-6H3,(H,23,28). The van der Waals surface area contributed by atoms with E-state index in [0.717, 1.165) is 35.3 Å². The van der Waals surface area contributed by atoms with Crippen molar-refractivity contribution >= 4 is 23.0 Å². The average molecular weight is 416 g/mol. The molecule has 8 heteroatoms. The van der Waals surface area contributed by atoms with Crippen LogP contribution in [0.4, 0.5) is 4.79 Å². The normalized spacial score (nSPS) is 14.1. The summed E-state index contributed by atoms with van der Waals surface area (Å²) < 4.78 is 7.17. The van der Waals surface area contributed by atoms with E-state index in [1.807, 2.05) is 47.7 Å². The Morgan fingerprint density at radius 3 is 2.63 bits per heavy atom. The smallest absolute Gasteiger partial charge is 0.410 e. The molecule has 0 aromatic carbocycles. The molecule has 0 spiro atoms. The quantitative estimate of drug-likeness (QED) is 0.699. The van der Waals surface area contributed by atoms with Gasteiger partial charge in [0.1, 0.15) is 5.60 Å². The molecule has 0 saturated heterocycles. The number of hydrogen-bond acceptors (Lipinski definition) is 5. The molecule has 30 heavy (non-hydrogen) atoms. The second kappa shape index (κ2) is 8.62. The van der Waals surface area contributed by atoms with Crippen molar-refractivity contribution in [3.63, 3.8) is 0 Å². The van der Waals surface area contributed by atoms with E-state index in [-0.39, 0.29) is 12.0 Å². The number of fused-ring (bicyclic) bond motifs is 1. The van der Waals surface area contributed by atoms with Crippen molar-refractivity contribution in [2.45, 2.75) is 65.4 Å². The Balaban J connectivity index is 1.64. The number of carbonyl (C=O) groups excluding carboxylic acids is 2. The molecule has 2 aromatic rings. The maximum absolute atomic E-state index is 13.0. The Kier molecular flexibility index (Phi) is 6.33. The van der Waals surface area contributed by atoms with Crippen molar-refractivity contribution in [1.82, 2.24) is 25.0 Å². The molecule has 1 fully saturated rings. The number of ether oxygens (including phenoxy) is 1. The van der Waals surface area contributed by atoms with Gasteiger partial charge in [-0.2, -0.15) is 5.10 Å². The Morgan fingerprint density at radius 2 is 2.03 bits per heavy atom. The maximum atomic E-state index is 13.0. The Bertz CT molecular complexity index is 940. The average Bonchev–Trinajstić information content (AvgIpc) is 3.46. The van der Waals surface area contributed by atoms with E-state index in [1.54, 1.807) is 9.58 Å². The highest BCUT2D eigenvalue weighted by Crippen LogP contribution is 2.40. The predicted molar refractivity (Wildman–Crippen MR) is 116 cm³/mol. The van der Waals surface area contributed by atoms with Crippen LogP contribution in [0.1, 0.15) is 74.6 Å². The number of pyridine rings is 1. The first-order valence-corrected chi connectivity index (χ1v) is 10.7. The third-order valence-corrected chi connectivity index (χ3v) is 5.15. The van der Waals surface area contributed by atoms with Crippen molar-refractivity contribution in [3.8, 4) is 0 Å². The van der Waals surface area contributed by atoms with Gasteiger partial charge in [0.25, 0.3) is 5.91 Å². The summed E-state index contributed by atoms with van der Waals surface area (Å²) in [5.74, 6) is 0.323. The summed E-state index contributed by atoms with van der Waals surface area (Å²) in [5.41, 5.74) is 2.63. The fraction of sp³-hybridized carbons (Fsp3) is 0.636. The summed E-state index contributed by atoms with van der Waals surface area (Å²) in [6.07, 6.45) is 2.56. The van der Waals surface area contributed by atoms with Gasteiger partial charge in [0.15, 0.2) is 5.65 Å². The summed E-state index contributed by atoms with van der Waals surface area (Å²) in [6, 6.07) is 1.92. The fourth-order valence-electron chi connectivity index (χ4n) is 3.50. The van der Waals surface area contributed by atoms with Crippen molar-refractivity contribution in [3.05, 3.63) is 23.0 Å². The first-order valence-electron chi connectivity index (χ1n) is 10.7. The molecule has 2 amide bonds. The van der Waals surface area contributed by atoms with Gasteiger partial charge in [0, 0.05) is 38.3 Å². The van der Waals surface area contributed by atoms with Gasteiger partial charge in [0.05, 0.1) is 16.6 Å². The number of rotatable bonds is 7. The molecular formula is C22H33N5O3. The third-order valence-electron chi connectivity index (χ3n) is 5.15. The largest absolute Gasteiger partial charge is 0.444 e. The second-order valence-electron chi connectivity index (χ2n) is 8.95. The van der Waals surface area contributed by atoms with Crippen LogP contribution in [0.5, 0.6) is 0 Å². The molecule has 2 heterocycles. The Hall–Kier alpha value is -2.64. The van der Waals surface area contributed by atoms with Crippen LogP contribution in [0.15, 0.2) is 6.07 Å². The van der Waals surface area contributed by atoms with Crippen LogP contribution in [0.3, 0.4) is 0 Å². The van der Waals surface area contributed by atoms with Crippen LogP contribution in [0, 0.1) is 6.92 Å². The zero-order chi connectivity index (χ0) is 22.1. The molecule has 1 saturated carbocycles. The van der Waals surface area contributed by atoms with Gasteiger partial charge in [-0.15, -0.1) is 0 Å². The summed E-state index contributed by atoms with van der Waals surface area (Å²) in [7, 11) is 1.86. The minimum Gasteiger partial charge on any atom is -0.444 e. The molecule has 0 atom stereocenters. The summed E-state index contributed by atoms with van der Waals surface area (Å²) in [6.45, 7) is 10.9. The molecule has 0 aliphatic heterocycles. The molecule has 8 nitrogen and oxygen atoms in total. The SMILES string of the molecule is CCN(CCCNC(=O)c1cc(C2CC2)nc2c1c(C)nn2C)C(=O)OC(C)(C)C. The molecule has 2 aromatic heterocycles. The minimum atomic E-state index is -0.522. The van der Waals surface area contributed by atoms with E-state index in [4.69, 9.17) is 9.72 Å². The van der Waals surface area contributed by atoms with E-state index in [0.29, 0.717) is 37.5 Å². The molecule has 1 aliphatic rings. The number of aryl methyl sites for hydroxylation is 2. The molecule has 0 unspecified atom stereocenters. The lowest BCUT2D eigenvalue weighted by Gasteiger charge is -2.26. The van der Waals surface area contributed by atoms with E-state index < -0.39 is 5.60 Å². The van der Waals surface area contributed by atoms with Crippen molar-refractivity contribution in [2.24, 2.45) is 7.05 Å². The first-order chi connectivity index (χ1) is 14.1. The number of hydrogen-bond donors (Lipinski definition) is 1. The maximum Gasteiger partial charge on any atom is 0.410 e. The van der Waals surface area contributed by atoms with Crippen LogP contribution in [-0.2, 0) is 11.8 Å². The number of amides is 2. The monoisotopic (exact) mass is 415 g/mol. The van der Waals surface area contributed by atoms with Gasteiger partial charge in [0.2, 0.25) is 0 Å². The van der Waals surface area contributed by atoms with Crippen LogP contribution in [0.2, 0.25) is 0 Å². The molecule has 0 bridgehead atoms. The van der Waals surface area contributed by atoms with Crippen LogP contribution >= 0.6 is 0 Å². The Morgan fingerprint density at radius 1 is 1.33 bits per heavy atom. The summed E-state index contributed by atoms with van der Waals surface area (Å²) >= 11 is 0. The van der Waals surface area contributed by atoms with Gasteiger partial charge < -0.3 is 15.0 Å². The molecule has 1 aliphatic carbocycles. The van der Waals surface area contributed by atoms with Gasteiger partial charge in [-0.05, 0) is 59.9 Å². The zero-order valence-corrected chi connectivity index (χ0v) is 18.9. The Labute approximate surface area is 178 Å². The van der Waals surface area contributed by atoms with Crippen LogP contribution < -0.4 is 5.32 Å². The van der Waals surface area contributed by atoms with Gasteiger partial charge >= 0.3 is 6.09 Å². The predicted octanol–water partition coefficient (Wildman–Crippen LogP) is 3.53. The second-order valence-corrected chi connectivity index (χ2v) is 8.95. The lowest BCUT2D eigenvalue weighted by molar-refractivity contribution is 0.0259. The van der Waals surface area contributed by atoms with E-state index in [1.165, 1.54) is 0 Å². The molecular weight excluding hydrogens is 382 g/mol. The topological polar surface area (TPSA) is 89.4 Å². The highest BCUT2D eigenvalue weighted by molar-refractivity contribution is 6.06. The number of carbonyl (C=O) groups is 2. The molecule has 164 valence electrons. The van der Waals surface area contributed by atoms with E-state index >= 15 is 0 Å². The van der Waals surface area contributed by atoms with Gasteiger partial charge in [-0.25, -0.2) is 9.78 Å². The highest BCUT2D eigenvalue weighted by Gasteiger charge is 2.28. The number of aromatic nitrogens is 3. The third kappa shape index (κ3) is 5.09. The first kappa shape index (κ1) is 22.1. The highest BCUT2D eigenvalue weighted by atomic mass is 16.6. The van der Waals surface area contributed by atoms with Crippen molar-refractivity contribution in [1.29, 1.82) is 0 Å². The van der Waals surface area contributed by atoms with E-state index in [2.05, 4.69) is 10.4 Å². The van der Waals surface area contributed by atoms with Gasteiger partial charge in [-0.3, -0.25) is 9.48 Å². The number of nitrogens with one attached hydrogen (secondary N) is 1. The molecule has 0 radical (unpaired) electrons. The lowest BCUT2D eigenvalue weighted by Crippen LogP contribution is -2.38. The minimum absolute atomic E-state index is 0.124. The fourth-order valence-corrected chi connectivity index (χ4v) is 3.50. The lowest BCUT2D eigenvalue weighted by atomic mass is 10.1.